The molecule has 2 aromatic heterocycles. The number of hydrogen-bond acceptors (Lipinski definition) is 4. The lowest BCUT2D eigenvalue weighted by Crippen LogP contribution is -2.05. The Labute approximate surface area is 148 Å². The summed E-state index contributed by atoms with van der Waals surface area (Å²) >= 11 is 0. The fraction of sp³-hybridized carbons (Fsp3) is 0.190. The minimum atomic E-state index is 0.648. The van der Waals surface area contributed by atoms with Crippen molar-refractivity contribution < 1.29 is 0 Å². The highest BCUT2D eigenvalue weighted by molar-refractivity contribution is 5.92. The number of nitrogens with one attached hydrogen (secondary N) is 1. The third kappa shape index (κ3) is 4.10. The van der Waals surface area contributed by atoms with Gasteiger partial charge >= 0.3 is 0 Å². The fourth-order valence-electron chi connectivity index (χ4n) is 2.54. The molecule has 25 heavy (non-hydrogen) atoms. The number of anilines is 1. The van der Waals surface area contributed by atoms with Crippen molar-refractivity contribution in [2.24, 2.45) is 0 Å². The number of aryl methyl sites for hydroxylation is 1. The molecule has 0 spiro atoms. The van der Waals surface area contributed by atoms with Crippen LogP contribution in [0.15, 0.2) is 67.2 Å². The maximum atomic E-state index is 4.51. The molecular formula is C21H22N4. The van der Waals surface area contributed by atoms with Gasteiger partial charge in [0.25, 0.3) is 0 Å². The van der Waals surface area contributed by atoms with Crippen LogP contribution in [0.2, 0.25) is 0 Å². The summed E-state index contributed by atoms with van der Waals surface area (Å²) in [5.74, 6) is 0.810. The molecule has 1 N–H and O–H groups in total. The van der Waals surface area contributed by atoms with Crippen LogP contribution in [0, 0.1) is 6.92 Å². The number of benzene rings is 1. The van der Waals surface area contributed by atoms with Gasteiger partial charge in [-0.2, -0.15) is 0 Å². The van der Waals surface area contributed by atoms with Crippen molar-refractivity contribution in [3.63, 3.8) is 0 Å². The van der Waals surface area contributed by atoms with E-state index in [4.69, 9.17) is 0 Å². The zero-order valence-electron chi connectivity index (χ0n) is 14.7. The fourth-order valence-corrected chi connectivity index (χ4v) is 2.54. The summed E-state index contributed by atoms with van der Waals surface area (Å²) in [4.78, 5) is 13.3. The number of aromatic nitrogens is 3. The van der Waals surface area contributed by atoms with Gasteiger partial charge in [0, 0.05) is 23.7 Å². The summed E-state index contributed by atoms with van der Waals surface area (Å²) in [6.07, 6.45) is 8.60. The molecule has 0 amide bonds. The number of allylic oxidation sites excluding steroid dienone is 1. The molecule has 1 aromatic carbocycles. The number of fused-ring (bicyclic) bond motifs is 1. The quantitative estimate of drug-likeness (QED) is 0.651. The Hall–Kier alpha value is -3.01. The number of hydrogen-bond donors (Lipinski definition) is 1. The first-order valence-corrected chi connectivity index (χ1v) is 8.43. The van der Waals surface area contributed by atoms with Gasteiger partial charge in [-0.3, -0.25) is 4.98 Å². The molecule has 0 atom stereocenters. The van der Waals surface area contributed by atoms with Gasteiger partial charge in [-0.15, -0.1) is 0 Å². The Morgan fingerprint density at radius 3 is 2.80 bits per heavy atom. The molecule has 0 aliphatic carbocycles. The van der Waals surface area contributed by atoms with Gasteiger partial charge in [0.15, 0.2) is 0 Å². The Morgan fingerprint density at radius 2 is 2.04 bits per heavy atom. The lowest BCUT2D eigenvalue weighted by Gasteiger charge is -2.10. The molecule has 0 aliphatic rings. The Balaban J connectivity index is 1.91. The molecule has 4 nitrogen and oxygen atoms in total. The Morgan fingerprint density at radius 1 is 1.16 bits per heavy atom. The van der Waals surface area contributed by atoms with E-state index in [9.17, 15) is 0 Å². The SMILES string of the molecule is C=C(/C=C\CC)CNc1ncnc2ccc(-c3ccc(C)cn3)cc12. The number of rotatable bonds is 6. The molecular weight excluding hydrogens is 308 g/mol. The second-order valence-electron chi connectivity index (χ2n) is 6.00. The lowest BCUT2D eigenvalue weighted by molar-refractivity contribution is 1.16. The Kier molecular flexibility index (Phi) is 5.19. The number of pyridine rings is 1. The highest BCUT2D eigenvalue weighted by Gasteiger charge is 2.07. The molecule has 126 valence electrons. The van der Waals surface area contributed by atoms with E-state index in [2.05, 4.69) is 52.0 Å². The van der Waals surface area contributed by atoms with Crippen molar-refractivity contribution in [3.8, 4) is 11.3 Å². The van der Waals surface area contributed by atoms with Gasteiger partial charge in [-0.1, -0.05) is 37.8 Å². The minimum absolute atomic E-state index is 0.648. The molecule has 3 rings (SSSR count). The largest absolute Gasteiger partial charge is 0.365 e. The second kappa shape index (κ2) is 7.71. The highest BCUT2D eigenvalue weighted by Crippen LogP contribution is 2.26. The third-order valence-electron chi connectivity index (χ3n) is 3.91. The van der Waals surface area contributed by atoms with Crippen LogP contribution in [0.3, 0.4) is 0 Å². The molecule has 0 aliphatic heterocycles. The zero-order chi connectivity index (χ0) is 17.6. The number of nitrogens with zero attached hydrogens (tertiary/aromatic N) is 3. The summed E-state index contributed by atoms with van der Waals surface area (Å²) in [5, 5.41) is 4.34. The first-order valence-electron chi connectivity index (χ1n) is 8.43. The van der Waals surface area contributed by atoms with Crippen LogP contribution in [0.1, 0.15) is 18.9 Å². The van der Waals surface area contributed by atoms with Crippen LogP contribution < -0.4 is 5.32 Å². The Bertz CT molecular complexity index is 911. The van der Waals surface area contributed by atoms with E-state index in [1.54, 1.807) is 6.33 Å². The van der Waals surface area contributed by atoms with Crippen molar-refractivity contribution in [2.75, 3.05) is 11.9 Å². The average Bonchev–Trinajstić information content (AvgIpc) is 2.64. The molecule has 0 bridgehead atoms. The smallest absolute Gasteiger partial charge is 0.137 e. The molecule has 0 fully saturated rings. The maximum Gasteiger partial charge on any atom is 0.137 e. The van der Waals surface area contributed by atoms with Crippen LogP contribution in [0.5, 0.6) is 0 Å². The summed E-state index contributed by atoms with van der Waals surface area (Å²) < 4.78 is 0. The lowest BCUT2D eigenvalue weighted by atomic mass is 10.1. The second-order valence-corrected chi connectivity index (χ2v) is 6.00. The standard InChI is InChI=1S/C21H22N4/c1-4-5-6-15(2)13-23-21-18-11-17(8-10-20(18)24-14-25-21)19-9-7-16(3)12-22-19/h5-12,14H,2,4,13H2,1,3H3,(H,23,24,25)/b6-5-. The first-order chi connectivity index (χ1) is 12.2. The van der Waals surface area contributed by atoms with E-state index < -0.39 is 0 Å². The van der Waals surface area contributed by atoms with Crippen molar-refractivity contribution in [1.29, 1.82) is 0 Å². The molecule has 2 heterocycles. The third-order valence-corrected chi connectivity index (χ3v) is 3.91. The van der Waals surface area contributed by atoms with Crippen LogP contribution >= 0.6 is 0 Å². The zero-order valence-corrected chi connectivity index (χ0v) is 14.7. The van der Waals surface area contributed by atoms with E-state index >= 15 is 0 Å². The van der Waals surface area contributed by atoms with E-state index in [1.807, 2.05) is 37.4 Å². The van der Waals surface area contributed by atoms with E-state index in [1.165, 1.54) is 0 Å². The summed E-state index contributed by atoms with van der Waals surface area (Å²) in [6.45, 7) is 8.85. The molecule has 0 unspecified atom stereocenters. The maximum absolute atomic E-state index is 4.51. The first kappa shape index (κ1) is 16.8. The van der Waals surface area contributed by atoms with Crippen LogP contribution in [0.25, 0.3) is 22.2 Å². The highest BCUT2D eigenvalue weighted by atomic mass is 15.0. The normalized spacial score (nSPS) is 11.1. The topological polar surface area (TPSA) is 50.7 Å². The van der Waals surface area contributed by atoms with Gasteiger partial charge in [0.2, 0.25) is 0 Å². The summed E-state index contributed by atoms with van der Waals surface area (Å²) in [6, 6.07) is 10.2. The van der Waals surface area contributed by atoms with E-state index in [-0.39, 0.29) is 0 Å². The predicted octanol–water partition coefficient (Wildman–Crippen LogP) is 4.93. The molecule has 3 aromatic rings. The van der Waals surface area contributed by atoms with Gasteiger partial charge < -0.3 is 5.32 Å². The van der Waals surface area contributed by atoms with Gasteiger partial charge in [-0.05, 0) is 42.7 Å². The van der Waals surface area contributed by atoms with Crippen molar-refractivity contribution >= 4 is 16.7 Å². The van der Waals surface area contributed by atoms with Gasteiger partial charge in [0.1, 0.15) is 12.1 Å². The molecule has 0 radical (unpaired) electrons. The van der Waals surface area contributed by atoms with Gasteiger partial charge in [-0.25, -0.2) is 9.97 Å². The minimum Gasteiger partial charge on any atom is -0.365 e. The molecule has 0 saturated carbocycles. The molecule has 4 heteroatoms. The average molecular weight is 330 g/mol. The van der Waals surface area contributed by atoms with Crippen LogP contribution in [-0.2, 0) is 0 Å². The summed E-state index contributed by atoms with van der Waals surface area (Å²) in [5.41, 5.74) is 5.06. The predicted molar refractivity (Wildman–Crippen MR) is 105 cm³/mol. The van der Waals surface area contributed by atoms with E-state index in [0.717, 1.165) is 45.5 Å². The monoisotopic (exact) mass is 330 g/mol. The van der Waals surface area contributed by atoms with Crippen molar-refractivity contribution in [3.05, 3.63) is 72.7 Å². The summed E-state index contributed by atoms with van der Waals surface area (Å²) in [7, 11) is 0. The van der Waals surface area contributed by atoms with Gasteiger partial charge in [0.05, 0.1) is 11.2 Å². The van der Waals surface area contributed by atoms with Crippen molar-refractivity contribution in [1.82, 2.24) is 15.0 Å². The van der Waals surface area contributed by atoms with Crippen molar-refractivity contribution in [2.45, 2.75) is 20.3 Å². The van der Waals surface area contributed by atoms with Crippen LogP contribution in [-0.4, -0.2) is 21.5 Å². The van der Waals surface area contributed by atoms with E-state index in [0.29, 0.717) is 6.54 Å². The van der Waals surface area contributed by atoms with Crippen LogP contribution in [0.4, 0.5) is 5.82 Å². The molecule has 0 saturated heterocycles.